The van der Waals surface area contributed by atoms with Crippen molar-refractivity contribution < 1.29 is 0 Å². The zero-order chi connectivity index (χ0) is 13.1. The lowest BCUT2D eigenvalue weighted by atomic mass is 10.1. The van der Waals surface area contributed by atoms with Crippen molar-refractivity contribution >= 4 is 43.2 Å². The van der Waals surface area contributed by atoms with Gasteiger partial charge in [0.25, 0.3) is 0 Å². The first kappa shape index (κ1) is 13.1. The topological polar surface area (TPSA) is 35.8 Å². The maximum absolute atomic E-state index is 9.12. The summed E-state index contributed by atoms with van der Waals surface area (Å²) in [7, 11) is 0. The number of aryl methyl sites for hydroxylation is 1. The van der Waals surface area contributed by atoms with Crippen molar-refractivity contribution in [3.05, 3.63) is 56.5 Å². The lowest BCUT2D eigenvalue weighted by molar-refractivity contribution is 1.40. The van der Waals surface area contributed by atoms with Crippen molar-refractivity contribution in [2.75, 3.05) is 5.32 Å². The van der Waals surface area contributed by atoms with E-state index in [1.54, 1.807) is 6.07 Å². The van der Waals surface area contributed by atoms with E-state index in [0.29, 0.717) is 5.56 Å². The molecule has 0 amide bonds. The van der Waals surface area contributed by atoms with E-state index < -0.39 is 0 Å². The molecule has 4 heteroatoms. The van der Waals surface area contributed by atoms with Crippen LogP contribution in [0.3, 0.4) is 0 Å². The van der Waals surface area contributed by atoms with Gasteiger partial charge in [-0.2, -0.15) is 5.26 Å². The van der Waals surface area contributed by atoms with Crippen molar-refractivity contribution in [1.29, 1.82) is 5.26 Å². The SMILES string of the molecule is Cc1ccc(Br)cc1Nc1ccc(Br)cc1C#N. The second-order valence-electron chi connectivity index (χ2n) is 3.89. The summed E-state index contributed by atoms with van der Waals surface area (Å²) in [6.07, 6.45) is 0. The first-order valence-electron chi connectivity index (χ1n) is 5.33. The minimum absolute atomic E-state index is 0.615. The molecule has 1 N–H and O–H groups in total. The molecule has 18 heavy (non-hydrogen) atoms. The fraction of sp³-hybridized carbons (Fsp3) is 0.0714. The van der Waals surface area contributed by atoms with Gasteiger partial charge in [0.2, 0.25) is 0 Å². The van der Waals surface area contributed by atoms with Crippen molar-refractivity contribution in [2.24, 2.45) is 0 Å². The van der Waals surface area contributed by atoms with Crippen molar-refractivity contribution in [3.8, 4) is 6.07 Å². The molecule has 2 rings (SSSR count). The summed E-state index contributed by atoms with van der Waals surface area (Å²) in [6, 6.07) is 13.8. The fourth-order valence-corrected chi connectivity index (χ4v) is 2.31. The maximum Gasteiger partial charge on any atom is 0.101 e. The maximum atomic E-state index is 9.12. The third-order valence-electron chi connectivity index (χ3n) is 2.57. The van der Waals surface area contributed by atoms with Gasteiger partial charge >= 0.3 is 0 Å². The second-order valence-corrected chi connectivity index (χ2v) is 5.72. The lowest BCUT2D eigenvalue weighted by Gasteiger charge is -2.11. The number of hydrogen-bond acceptors (Lipinski definition) is 2. The third-order valence-corrected chi connectivity index (χ3v) is 3.56. The Morgan fingerprint density at radius 2 is 1.67 bits per heavy atom. The standard InChI is InChI=1S/C14H10Br2N2/c1-9-2-3-12(16)7-14(9)18-13-5-4-11(15)6-10(13)8-17/h2-7,18H,1H3. The Hall–Kier alpha value is -1.31. The molecular weight excluding hydrogens is 356 g/mol. The lowest BCUT2D eigenvalue weighted by Crippen LogP contribution is -1.95. The normalized spacial score (nSPS) is 9.89. The first-order chi connectivity index (χ1) is 8.60. The Labute approximate surface area is 123 Å². The van der Waals surface area contributed by atoms with Crippen molar-refractivity contribution in [1.82, 2.24) is 0 Å². The van der Waals surface area contributed by atoms with E-state index in [1.807, 2.05) is 37.3 Å². The van der Waals surface area contributed by atoms with Crippen LogP contribution in [-0.4, -0.2) is 0 Å². The highest BCUT2D eigenvalue weighted by molar-refractivity contribution is 9.10. The van der Waals surface area contributed by atoms with E-state index >= 15 is 0 Å². The van der Waals surface area contributed by atoms with Crippen LogP contribution in [-0.2, 0) is 0 Å². The van der Waals surface area contributed by atoms with Gasteiger partial charge < -0.3 is 5.32 Å². The van der Waals surface area contributed by atoms with Gasteiger partial charge in [0.1, 0.15) is 6.07 Å². The average Bonchev–Trinajstić information content (AvgIpc) is 2.36. The van der Waals surface area contributed by atoms with Gasteiger partial charge in [0.05, 0.1) is 11.3 Å². The molecule has 0 aliphatic heterocycles. The molecule has 0 aliphatic carbocycles. The van der Waals surface area contributed by atoms with E-state index in [9.17, 15) is 0 Å². The zero-order valence-corrected chi connectivity index (χ0v) is 12.8. The number of nitrogens with one attached hydrogen (secondary N) is 1. The highest BCUT2D eigenvalue weighted by atomic mass is 79.9. The van der Waals surface area contributed by atoms with E-state index in [-0.39, 0.29) is 0 Å². The number of benzene rings is 2. The van der Waals surface area contributed by atoms with E-state index in [0.717, 1.165) is 25.9 Å². The molecule has 0 unspecified atom stereocenters. The van der Waals surface area contributed by atoms with Crippen LogP contribution in [0, 0.1) is 18.3 Å². The van der Waals surface area contributed by atoms with Crippen LogP contribution in [0.2, 0.25) is 0 Å². The van der Waals surface area contributed by atoms with Crippen molar-refractivity contribution in [2.45, 2.75) is 6.92 Å². The molecule has 0 aliphatic rings. The predicted molar refractivity (Wildman–Crippen MR) is 81.0 cm³/mol. The summed E-state index contributed by atoms with van der Waals surface area (Å²) >= 11 is 6.81. The molecule has 0 fully saturated rings. The van der Waals surface area contributed by atoms with Crippen LogP contribution < -0.4 is 5.32 Å². The van der Waals surface area contributed by atoms with Crippen LogP contribution in [0.15, 0.2) is 45.3 Å². The van der Waals surface area contributed by atoms with Crippen LogP contribution in [0.4, 0.5) is 11.4 Å². The largest absolute Gasteiger partial charge is 0.354 e. The first-order valence-corrected chi connectivity index (χ1v) is 6.91. The van der Waals surface area contributed by atoms with Gasteiger partial charge in [0, 0.05) is 14.6 Å². The Balaban J connectivity index is 2.40. The minimum Gasteiger partial charge on any atom is -0.354 e. The summed E-state index contributed by atoms with van der Waals surface area (Å²) in [4.78, 5) is 0. The Bertz CT molecular complexity index is 630. The minimum atomic E-state index is 0.615. The second kappa shape index (κ2) is 5.55. The Kier molecular flexibility index (Phi) is 4.05. The summed E-state index contributed by atoms with van der Waals surface area (Å²) in [5, 5.41) is 12.4. The molecule has 0 aromatic heterocycles. The zero-order valence-electron chi connectivity index (χ0n) is 9.67. The number of nitriles is 1. The van der Waals surface area contributed by atoms with Crippen LogP contribution in [0.5, 0.6) is 0 Å². The molecule has 90 valence electrons. The van der Waals surface area contributed by atoms with Crippen LogP contribution in [0.1, 0.15) is 11.1 Å². The molecule has 0 heterocycles. The molecule has 0 bridgehead atoms. The molecule has 0 atom stereocenters. The molecule has 2 aromatic rings. The molecule has 0 saturated carbocycles. The highest BCUT2D eigenvalue weighted by Crippen LogP contribution is 2.27. The van der Waals surface area contributed by atoms with Gasteiger partial charge in [-0.1, -0.05) is 37.9 Å². The third kappa shape index (κ3) is 2.92. The molecule has 2 aromatic carbocycles. The van der Waals surface area contributed by atoms with Gasteiger partial charge in [-0.15, -0.1) is 0 Å². The van der Waals surface area contributed by atoms with Crippen LogP contribution >= 0.6 is 31.9 Å². The van der Waals surface area contributed by atoms with Gasteiger partial charge in [-0.25, -0.2) is 0 Å². The smallest absolute Gasteiger partial charge is 0.101 e. The van der Waals surface area contributed by atoms with E-state index in [4.69, 9.17) is 5.26 Å². The quantitative estimate of drug-likeness (QED) is 0.800. The van der Waals surface area contributed by atoms with Crippen LogP contribution in [0.25, 0.3) is 0 Å². The van der Waals surface area contributed by atoms with Gasteiger partial charge in [0.15, 0.2) is 0 Å². The molecule has 0 radical (unpaired) electrons. The summed E-state index contributed by atoms with van der Waals surface area (Å²) in [5.74, 6) is 0. The van der Waals surface area contributed by atoms with E-state index in [1.165, 1.54) is 0 Å². The number of anilines is 2. The van der Waals surface area contributed by atoms with Gasteiger partial charge in [-0.3, -0.25) is 0 Å². The Morgan fingerprint density at radius 1 is 1.00 bits per heavy atom. The van der Waals surface area contributed by atoms with Gasteiger partial charge in [-0.05, 0) is 42.8 Å². The summed E-state index contributed by atoms with van der Waals surface area (Å²) < 4.78 is 1.90. The van der Waals surface area contributed by atoms with E-state index in [2.05, 4.69) is 43.2 Å². The number of rotatable bonds is 2. The molecule has 0 saturated heterocycles. The Morgan fingerprint density at radius 3 is 2.39 bits per heavy atom. The summed E-state index contributed by atoms with van der Waals surface area (Å²) in [5.41, 5.74) is 3.54. The number of nitrogens with zero attached hydrogens (tertiary/aromatic N) is 1. The molecule has 0 spiro atoms. The van der Waals surface area contributed by atoms with Crippen molar-refractivity contribution in [3.63, 3.8) is 0 Å². The predicted octanol–water partition coefficient (Wildman–Crippen LogP) is 5.14. The highest BCUT2D eigenvalue weighted by Gasteiger charge is 2.05. The molecular formula is C14H10Br2N2. The number of halogens is 2. The monoisotopic (exact) mass is 364 g/mol. The average molecular weight is 366 g/mol. The fourth-order valence-electron chi connectivity index (χ4n) is 1.59. The number of hydrogen-bond donors (Lipinski definition) is 1. The molecule has 2 nitrogen and oxygen atoms in total. The summed E-state index contributed by atoms with van der Waals surface area (Å²) in [6.45, 7) is 2.03.